The van der Waals surface area contributed by atoms with Crippen molar-refractivity contribution in [2.75, 3.05) is 38.2 Å². The topological polar surface area (TPSA) is 124 Å². The van der Waals surface area contributed by atoms with Crippen molar-refractivity contribution in [2.24, 2.45) is 5.92 Å². The van der Waals surface area contributed by atoms with Gasteiger partial charge in [0.2, 0.25) is 10.0 Å². The minimum atomic E-state index is -3.47. The van der Waals surface area contributed by atoms with E-state index in [1.54, 1.807) is 11.3 Å². The highest BCUT2D eigenvalue weighted by Gasteiger charge is 2.30. The van der Waals surface area contributed by atoms with Gasteiger partial charge in [0.05, 0.1) is 29.5 Å². The number of methoxy groups -OCH3 is 1. The summed E-state index contributed by atoms with van der Waals surface area (Å²) in [5.74, 6) is 0.858. The van der Waals surface area contributed by atoms with Gasteiger partial charge in [0.15, 0.2) is 0 Å². The van der Waals surface area contributed by atoms with Crippen LogP contribution in [-0.2, 0) is 26.0 Å². The van der Waals surface area contributed by atoms with Gasteiger partial charge < -0.3 is 20.1 Å². The third kappa shape index (κ3) is 7.31. The Morgan fingerprint density at radius 1 is 1.19 bits per heavy atom. The molecule has 1 aliphatic carbocycles. The van der Waals surface area contributed by atoms with Gasteiger partial charge >= 0.3 is 5.97 Å². The third-order valence-corrected chi connectivity index (χ3v) is 10.5. The van der Waals surface area contributed by atoms with Crippen molar-refractivity contribution in [2.45, 2.75) is 58.1 Å². The Labute approximate surface area is 252 Å². The van der Waals surface area contributed by atoms with E-state index in [4.69, 9.17) is 15.2 Å². The summed E-state index contributed by atoms with van der Waals surface area (Å²) >= 11 is 1.60. The van der Waals surface area contributed by atoms with Crippen molar-refractivity contribution in [1.82, 2.24) is 14.6 Å². The van der Waals surface area contributed by atoms with Gasteiger partial charge in [-0.05, 0) is 93.4 Å². The number of benzene rings is 2. The van der Waals surface area contributed by atoms with Crippen LogP contribution in [0.4, 0.5) is 5.69 Å². The highest BCUT2D eigenvalue weighted by Crippen LogP contribution is 2.41. The van der Waals surface area contributed by atoms with E-state index < -0.39 is 10.0 Å². The predicted molar refractivity (Wildman–Crippen MR) is 167 cm³/mol. The molecule has 1 aliphatic heterocycles. The minimum Gasteiger partial charge on any atom is -0.489 e. The van der Waals surface area contributed by atoms with Crippen molar-refractivity contribution < 1.29 is 22.7 Å². The standard InChI is InChI=1S/C31H40N4O5S2/c1-20(2)40-28-10-7-22(18-26(28)32)31-33-19-29(41-31)25-6-4-5-24-23(25)8-9-27(24)34-42(37,38)16-15-35-13-11-21(12-14-35)17-30(36)39-3/h4-7,10,18-21,27,34H,8-9,11-17,32H2,1-3H3/t27-/m0/s1. The first-order chi connectivity index (χ1) is 20.1. The molecular weight excluding hydrogens is 572 g/mol. The van der Waals surface area contributed by atoms with Gasteiger partial charge in [0, 0.05) is 30.8 Å². The molecule has 0 saturated carbocycles. The Kier molecular flexibility index (Phi) is 9.51. The number of rotatable bonds is 11. The highest BCUT2D eigenvalue weighted by molar-refractivity contribution is 7.89. The number of likely N-dealkylation sites (tertiary alicyclic amines) is 1. The van der Waals surface area contributed by atoms with Crippen LogP contribution in [0.25, 0.3) is 21.0 Å². The number of carbonyl (C=O) groups excluding carboxylic acids is 1. The van der Waals surface area contributed by atoms with Crippen LogP contribution >= 0.6 is 11.3 Å². The van der Waals surface area contributed by atoms with Crippen LogP contribution in [0.15, 0.2) is 42.6 Å². The highest BCUT2D eigenvalue weighted by atomic mass is 32.2. The molecule has 0 radical (unpaired) electrons. The van der Waals surface area contributed by atoms with E-state index in [-0.39, 0.29) is 23.9 Å². The van der Waals surface area contributed by atoms with Gasteiger partial charge in [0.25, 0.3) is 0 Å². The number of nitrogen functional groups attached to an aromatic ring is 1. The summed E-state index contributed by atoms with van der Waals surface area (Å²) in [5, 5.41) is 0.870. The number of hydrogen-bond acceptors (Lipinski definition) is 9. The molecule has 1 aromatic heterocycles. The molecule has 1 saturated heterocycles. The monoisotopic (exact) mass is 612 g/mol. The lowest BCUT2D eigenvalue weighted by Crippen LogP contribution is -2.40. The number of nitrogens with two attached hydrogens (primary N) is 1. The second-order valence-corrected chi connectivity index (χ2v) is 14.3. The molecule has 226 valence electrons. The average Bonchev–Trinajstić information content (AvgIpc) is 3.61. The second-order valence-electron chi connectivity index (χ2n) is 11.4. The van der Waals surface area contributed by atoms with Crippen molar-refractivity contribution in [3.05, 3.63) is 53.7 Å². The van der Waals surface area contributed by atoms with Gasteiger partial charge in [-0.1, -0.05) is 18.2 Å². The molecule has 0 bridgehead atoms. The summed E-state index contributed by atoms with van der Waals surface area (Å²) in [4.78, 5) is 19.4. The molecule has 2 aromatic carbocycles. The Hall–Kier alpha value is -2.99. The molecule has 3 aromatic rings. The van der Waals surface area contributed by atoms with Gasteiger partial charge in [0.1, 0.15) is 10.8 Å². The summed E-state index contributed by atoms with van der Waals surface area (Å²) in [5.41, 5.74) is 11.1. The molecule has 42 heavy (non-hydrogen) atoms. The number of nitrogens with zero attached hydrogens (tertiary/aromatic N) is 2. The molecule has 9 nitrogen and oxygen atoms in total. The molecule has 0 amide bonds. The van der Waals surface area contributed by atoms with Crippen molar-refractivity contribution in [3.8, 4) is 26.8 Å². The molecule has 1 atom stereocenters. The number of piperidine rings is 1. The number of fused-ring (bicyclic) bond motifs is 1. The second kappa shape index (κ2) is 13.1. The fraction of sp³-hybridized carbons (Fsp3) is 0.484. The first-order valence-corrected chi connectivity index (χ1v) is 17.0. The van der Waals surface area contributed by atoms with Crippen LogP contribution < -0.4 is 15.2 Å². The minimum absolute atomic E-state index is 0.0428. The lowest BCUT2D eigenvalue weighted by molar-refractivity contribution is -0.142. The van der Waals surface area contributed by atoms with Crippen LogP contribution in [0, 0.1) is 5.92 Å². The van der Waals surface area contributed by atoms with E-state index in [0.717, 1.165) is 65.3 Å². The van der Waals surface area contributed by atoms with Gasteiger partial charge in [-0.25, -0.2) is 18.1 Å². The SMILES string of the molecule is COC(=O)CC1CCN(CCS(=O)(=O)N[C@H]2CCc3c(-c4cnc(-c5ccc(OC(C)C)c(N)c5)s4)cccc32)CC1. The maximum Gasteiger partial charge on any atom is 0.305 e. The van der Waals surface area contributed by atoms with E-state index in [0.29, 0.717) is 30.3 Å². The maximum absolute atomic E-state index is 13.1. The number of aromatic nitrogens is 1. The van der Waals surface area contributed by atoms with Crippen LogP contribution in [-0.4, -0.2) is 62.9 Å². The molecule has 11 heteroatoms. The van der Waals surface area contributed by atoms with Gasteiger partial charge in [-0.15, -0.1) is 11.3 Å². The summed E-state index contributed by atoms with van der Waals surface area (Å²) in [6.45, 7) is 6.02. The van der Waals surface area contributed by atoms with Gasteiger partial charge in [-0.2, -0.15) is 0 Å². The smallest absolute Gasteiger partial charge is 0.305 e. The van der Waals surface area contributed by atoms with E-state index in [1.807, 2.05) is 50.4 Å². The molecule has 0 unspecified atom stereocenters. The summed E-state index contributed by atoms with van der Waals surface area (Å²) in [6.07, 6.45) is 5.65. The van der Waals surface area contributed by atoms with E-state index in [9.17, 15) is 13.2 Å². The van der Waals surface area contributed by atoms with E-state index in [2.05, 4.69) is 20.7 Å². The molecule has 2 aliphatic rings. The number of anilines is 1. The van der Waals surface area contributed by atoms with Crippen molar-refractivity contribution >= 4 is 33.0 Å². The number of esters is 1. The largest absolute Gasteiger partial charge is 0.489 e. The first kappa shape index (κ1) is 30.5. The zero-order valence-corrected chi connectivity index (χ0v) is 26.1. The van der Waals surface area contributed by atoms with Crippen LogP contribution in [0.2, 0.25) is 0 Å². The Morgan fingerprint density at radius 2 is 1.98 bits per heavy atom. The number of nitrogens with one attached hydrogen (secondary N) is 1. The molecular formula is C31H40N4O5S2. The van der Waals surface area contributed by atoms with Crippen LogP contribution in [0.1, 0.15) is 56.7 Å². The molecule has 0 spiro atoms. The normalized spacial score (nSPS) is 17.9. The zero-order valence-electron chi connectivity index (χ0n) is 24.5. The van der Waals surface area contributed by atoms with E-state index in [1.165, 1.54) is 12.7 Å². The third-order valence-electron chi connectivity index (χ3n) is 8.05. The van der Waals surface area contributed by atoms with Gasteiger partial charge in [-0.3, -0.25) is 4.79 Å². The van der Waals surface area contributed by atoms with Crippen molar-refractivity contribution in [3.63, 3.8) is 0 Å². The number of sulfonamides is 1. The molecule has 3 N–H and O–H groups in total. The number of hydrogen-bond donors (Lipinski definition) is 2. The predicted octanol–water partition coefficient (Wildman–Crippen LogP) is 5.03. The average molecular weight is 613 g/mol. The summed E-state index contributed by atoms with van der Waals surface area (Å²) < 4.78 is 39.7. The maximum atomic E-state index is 13.1. The number of thiazole rings is 1. The lowest BCUT2D eigenvalue weighted by Gasteiger charge is -2.31. The first-order valence-electron chi connectivity index (χ1n) is 14.6. The fourth-order valence-electron chi connectivity index (χ4n) is 5.84. The Bertz CT molecular complexity index is 1510. The molecule has 5 rings (SSSR count). The number of carbonyl (C=O) groups is 1. The quantitative estimate of drug-likeness (QED) is 0.228. The zero-order chi connectivity index (χ0) is 29.9. The Balaban J connectivity index is 1.21. The molecule has 1 fully saturated rings. The van der Waals surface area contributed by atoms with Crippen LogP contribution in [0.5, 0.6) is 5.75 Å². The Morgan fingerprint density at radius 3 is 2.69 bits per heavy atom. The van der Waals surface area contributed by atoms with Crippen molar-refractivity contribution in [1.29, 1.82) is 0 Å². The lowest BCUT2D eigenvalue weighted by atomic mass is 9.94. The summed E-state index contributed by atoms with van der Waals surface area (Å²) in [6, 6.07) is 11.6. The fourth-order valence-corrected chi connectivity index (χ4v) is 8.10. The number of ether oxygens (including phenoxy) is 2. The summed E-state index contributed by atoms with van der Waals surface area (Å²) in [7, 11) is -2.05. The van der Waals surface area contributed by atoms with E-state index >= 15 is 0 Å². The van der Waals surface area contributed by atoms with Crippen LogP contribution in [0.3, 0.4) is 0 Å². The molecule has 2 heterocycles.